The standard InChI is InChI=1S/C19H37NO3.C11H21ClO.C8H17NO2/c1-4-5-6-7-8-9-10-11-12-18(21)20-15-17(13-16(2)3)14-19(22)23;1-2-3-4-5-6-7-8-9-10-11(12)13;1-6(2)3-7(5-9)4-8(10)11/h16-17H,4-15H2,1-3H3,(H,20,21)(H,22,23);2-10H2,1H3;6-7H,3-5,9H2,1-2H3,(H,10,11)/t17-;;7-/m0.0/s1. The van der Waals surface area contributed by atoms with Crippen LogP contribution in [0.5, 0.6) is 0 Å². The van der Waals surface area contributed by atoms with Gasteiger partial charge in [0.2, 0.25) is 11.1 Å². The van der Waals surface area contributed by atoms with Crippen molar-refractivity contribution in [2.45, 2.75) is 183 Å². The molecule has 0 saturated carbocycles. The third-order valence-corrected chi connectivity index (χ3v) is 8.13. The van der Waals surface area contributed by atoms with Gasteiger partial charge in [0.15, 0.2) is 0 Å². The Hall–Kier alpha value is -1.67. The van der Waals surface area contributed by atoms with Gasteiger partial charge in [-0.15, -0.1) is 0 Å². The zero-order valence-electron chi connectivity index (χ0n) is 31.3. The molecule has 0 aromatic rings. The third kappa shape index (κ3) is 46.5. The van der Waals surface area contributed by atoms with Crippen LogP contribution in [0.15, 0.2) is 0 Å². The molecular formula is C38H75ClN2O6. The number of hydrogen-bond donors (Lipinski definition) is 4. The quantitative estimate of drug-likeness (QED) is 0.0451. The highest BCUT2D eigenvalue weighted by Crippen LogP contribution is 2.16. The lowest BCUT2D eigenvalue weighted by molar-refractivity contribution is -0.139. The number of carboxylic acids is 2. The van der Waals surface area contributed by atoms with E-state index < -0.39 is 11.9 Å². The molecule has 0 radical (unpaired) electrons. The predicted octanol–water partition coefficient (Wildman–Crippen LogP) is 10.1. The number of aliphatic carboxylic acids is 2. The van der Waals surface area contributed by atoms with Crippen LogP contribution in [-0.4, -0.2) is 46.4 Å². The van der Waals surface area contributed by atoms with E-state index in [1.807, 2.05) is 0 Å². The largest absolute Gasteiger partial charge is 0.481 e. The number of nitrogens with one attached hydrogen (secondary N) is 1. The summed E-state index contributed by atoms with van der Waals surface area (Å²) in [6.45, 7) is 13.7. The highest BCUT2D eigenvalue weighted by atomic mass is 35.5. The number of hydrogen-bond acceptors (Lipinski definition) is 5. The first kappa shape index (κ1) is 49.7. The molecule has 0 spiro atoms. The van der Waals surface area contributed by atoms with E-state index in [2.05, 4.69) is 46.9 Å². The second kappa shape index (κ2) is 37.2. The SMILES string of the molecule is CC(C)C[C@H](CN)CC(=O)O.CCCCCCCCCCC(=O)Cl.CCCCCCCCCCC(=O)NC[C@H](CC(=O)O)CC(C)C. The fourth-order valence-corrected chi connectivity index (χ4v) is 5.63. The van der Waals surface area contributed by atoms with Crippen molar-refractivity contribution in [2.75, 3.05) is 13.1 Å². The number of carboxylic acid groups (broad SMARTS) is 2. The summed E-state index contributed by atoms with van der Waals surface area (Å²) in [6, 6.07) is 0. The summed E-state index contributed by atoms with van der Waals surface area (Å²) in [4.78, 5) is 43.4. The van der Waals surface area contributed by atoms with Gasteiger partial charge in [0, 0.05) is 32.2 Å². The van der Waals surface area contributed by atoms with Gasteiger partial charge in [0.25, 0.3) is 0 Å². The molecule has 280 valence electrons. The van der Waals surface area contributed by atoms with Gasteiger partial charge in [0.05, 0.1) is 0 Å². The number of carbonyl (C=O) groups is 4. The Morgan fingerprint density at radius 3 is 1.32 bits per heavy atom. The van der Waals surface area contributed by atoms with E-state index in [1.165, 1.54) is 77.0 Å². The second-order valence-corrected chi connectivity index (χ2v) is 14.5. The molecule has 5 N–H and O–H groups in total. The first-order chi connectivity index (χ1) is 22.3. The molecule has 0 heterocycles. The highest BCUT2D eigenvalue weighted by Gasteiger charge is 2.16. The zero-order valence-corrected chi connectivity index (χ0v) is 32.0. The molecule has 0 aromatic carbocycles. The van der Waals surface area contributed by atoms with Gasteiger partial charge >= 0.3 is 11.9 Å². The molecule has 0 aliphatic heterocycles. The molecule has 0 aliphatic carbocycles. The fraction of sp³-hybridized carbons (Fsp3) is 0.895. The van der Waals surface area contributed by atoms with E-state index in [0.29, 0.717) is 37.8 Å². The van der Waals surface area contributed by atoms with Crippen LogP contribution in [0.4, 0.5) is 0 Å². The third-order valence-electron chi connectivity index (χ3n) is 7.94. The zero-order chi connectivity index (χ0) is 36.3. The van der Waals surface area contributed by atoms with Crippen LogP contribution in [0.2, 0.25) is 0 Å². The summed E-state index contributed by atoms with van der Waals surface area (Å²) in [5.41, 5.74) is 5.41. The van der Waals surface area contributed by atoms with Gasteiger partial charge in [-0.2, -0.15) is 0 Å². The molecule has 0 unspecified atom stereocenters. The van der Waals surface area contributed by atoms with Crippen LogP contribution in [0.1, 0.15) is 183 Å². The van der Waals surface area contributed by atoms with Crippen molar-refractivity contribution < 1.29 is 29.4 Å². The topological polar surface area (TPSA) is 147 Å². The van der Waals surface area contributed by atoms with E-state index in [0.717, 1.165) is 38.5 Å². The molecule has 0 aromatic heterocycles. The molecule has 47 heavy (non-hydrogen) atoms. The highest BCUT2D eigenvalue weighted by molar-refractivity contribution is 6.63. The van der Waals surface area contributed by atoms with Crippen LogP contribution in [0.3, 0.4) is 0 Å². The monoisotopic (exact) mass is 691 g/mol. The van der Waals surface area contributed by atoms with Crippen molar-refractivity contribution in [3.8, 4) is 0 Å². The molecule has 2 atom stereocenters. The van der Waals surface area contributed by atoms with E-state index in [9.17, 15) is 19.2 Å². The predicted molar refractivity (Wildman–Crippen MR) is 198 cm³/mol. The van der Waals surface area contributed by atoms with Gasteiger partial charge in [-0.05, 0) is 67.5 Å². The average Bonchev–Trinajstić information content (AvgIpc) is 2.97. The summed E-state index contributed by atoms with van der Waals surface area (Å²) < 4.78 is 0. The normalized spacial score (nSPS) is 12.0. The molecular weight excluding hydrogens is 616 g/mol. The first-order valence-corrected chi connectivity index (χ1v) is 19.2. The summed E-state index contributed by atoms with van der Waals surface area (Å²) >= 11 is 5.22. The van der Waals surface area contributed by atoms with Crippen molar-refractivity contribution in [1.29, 1.82) is 0 Å². The maximum Gasteiger partial charge on any atom is 0.303 e. The number of halogens is 1. The van der Waals surface area contributed by atoms with Gasteiger partial charge < -0.3 is 21.3 Å². The molecule has 0 rings (SSSR count). The van der Waals surface area contributed by atoms with E-state index in [1.54, 1.807) is 0 Å². The summed E-state index contributed by atoms with van der Waals surface area (Å²) in [7, 11) is 0. The number of nitrogens with two attached hydrogens (primary N) is 1. The van der Waals surface area contributed by atoms with Gasteiger partial charge in [0.1, 0.15) is 0 Å². The van der Waals surface area contributed by atoms with E-state index in [4.69, 9.17) is 27.5 Å². The van der Waals surface area contributed by atoms with E-state index >= 15 is 0 Å². The summed E-state index contributed by atoms with van der Waals surface area (Å²) in [5.74, 6) is -0.307. The molecule has 9 heteroatoms. The van der Waals surface area contributed by atoms with Crippen LogP contribution in [0, 0.1) is 23.7 Å². The van der Waals surface area contributed by atoms with E-state index in [-0.39, 0.29) is 35.8 Å². The van der Waals surface area contributed by atoms with Crippen molar-refractivity contribution in [1.82, 2.24) is 5.32 Å². The minimum absolute atomic E-state index is 0.0371. The number of amides is 1. The fourth-order valence-electron chi connectivity index (χ4n) is 5.49. The minimum atomic E-state index is -0.784. The lowest BCUT2D eigenvalue weighted by Crippen LogP contribution is -2.30. The smallest absolute Gasteiger partial charge is 0.303 e. The number of unbranched alkanes of at least 4 members (excludes halogenated alkanes) is 14. The molecule has 0 aliphatic rings. The lowest BCUT2D eigenvalue weighted by Gasteiger charge is -2.17. The molecule has 0 saturated heterocycles. The number of rotatable bonds is 29. The maximum atomic E-state index is 11.8. The van der Waals surface area contributed by atoms with Crippen LogP contribution < -0.4 is 11.1 Å². The van der Waals surface area contributed by atoms with Crippen molar-refractivity contribution in [3.63, 3.8) is 0 Å². The Bertz CT molecular complexity index is 748. The van der Waals surface area contributed by atoms with Crippen LogP contribution in [0.25, 0.3) is 0 Å². The molecule has 1 amide bonds. The van der Waals surface area contributed by atoms with Crippen molar-refractivity contribution in [3.05, 3.63) is 0 Å². The summed E-state index contributed by atoms with van der Waals surface area (Å²) in [5, 5.41) is 20.1. The van der Waals surface area contributed by atoms with Crippen molar-refractivity contribution >= 4 is 34.7 Å². The van der Waals surface area contributed by atoms with Gasteiger partial charge in [-0.1, -0.05) is 131 Å². The Labute approximate surface area is 294 Å². The Morgan fingerprint density at radius 1 is 0.596 bits per heavy atom. The van der Waals surface area contributed by atoms with Gasteiger partial charge in [-0.25, -0.2) is 0 Å². The van der Waals surface area contributed by atoms with Gasteiger partial charge in [-0.3, -0.25) is 19.2 Å². The summed E-state index contributed by atoms with van der Waals surface area (Å²) in [6.07, 6.45) is 23.1. The van der Waals surface area contributed by atoms with Crippen LogP contribution in [-0.2, 0) is 19.2 Å². The first-order valence-electron chi connectivity index (χ1n) is 18.9. The minimum Gasteiger partial charge on any atom is -0.481 e. The Morgan fingerprint density at radius 2 is 0.957 bits per heavy atom. The lowest BCUT2D eigenvalue weighted by atomic mass is 9.94. The molecule has 8 nitrogen and oxygen atoms in total. The molecule has 0 fully saturated rings. The van der Waals surface area contributed by atoms with Crippen molar-refractivity contribution in [2.24, 2.45) is 29.4 Å². The Balaban J connectivity index is -0.000000681. The second-order valence-electron chi connectivity index (χ2n) is 14.0. The molecule has 0 bridgehead atoms. The maximum absolute atomic E-state index is 11.8. The van der Waals surface area contributed by atoms with Crippen LogP contribution >= 0.6 is 11.6 Å². The Kier molecular flexibility index (Phi) is 39.3. The average molecular weight is 691 g/mol. The number of carbonyl (C=O) groups excluding carboxylic acids is 2.